The van der Waals surface area contributed by atoms with Gasteiger partial charge in [0.2, 0.25) is 5.91 Å². The van der Waals surface area contributed by atoms with Crippen LogP contribution in [0.4, 0.5) is 4.39 Å². The fourth-order valence-corrected chi connectivity index (χ4v) is 5.52. The summed E-state index contributed by atoms with van der Waals surface area (Å²) in [6, 6.07) is 13.8. The highest BCUT2D eigenvalue weighted by molar-refractivity contribution is 8.01. The Bertz CT molecular complexity index is 1260. The number of halogens is 1. The molecule has 0 bridgehead atoms. The first-order chi connectivity index (χ1) is 18.8. The van der Waals surface area contributed by atoms with E-state index in [1.165, 1.54) is 36.2 Å². The van der Waals surface area contributed by atoms with Crippen LogP contribution < -0.4 is 5.32 Å². The Morgan fingerprint density at radius 1 is 1.18 bits per heavy atom. The fourth-order valence-electron chi connectivity index (χ4n) is 4.21. The summed E-state index contributed by atoms with van der Waals surface area (Å²) < 4.78 is 25.5. The van der Waals surface area contributed by atoms with Crippen LogP contribution in [0.5, 0.6) is 0 Å². The zero-order chi connectivity index (χ0) is 27.9. The second kappa shape index (κ2) is 13.1. The second-order valence-corrected chi connectivity index (χ2v) is 10.2. The Hall–Kier alpha value is -3.36. The normalized spacial score (nSPS) is 23.7. The number of hydrogen-bond donors (Lipinski definition) is 4. The van der Waals surface area contributed by atoms with Crippen molar-refractivity contribution in [3.05, 3.63) is 72.2 Å². The number of hydrogen-bond acceptors (Lipinski definition) is 10. The van der Waals surface area contributed by atoms with Crippen LogP contribution in [0.25, 0.3) is 11.3 Å². The van der Waals surface area contributed by atoms with E-state index in [0.29, 0.717) is 11.3 Å². The second-order valence-electron chi connectivity index (χ2n) is 8.91. The van der Waals surface area contributed by atoms with Gasteiger partial charge in [-0.3, -0.25) is 9.59 Å². The van der Waals surface area contributed by atoms with Gasteiger partial charge in [0, 0.05) is 18.5 Å². The van der Waals surface area contributed by atoms with E-state index in [4.69, 9.17) is 9.47 Å². The van der Waals surface area contributed by atoms with Gasteiger partial charge in [0.25, 0.3) is 0 Å². The number of thioether (sulfide) groups is 1. The molecule has 4 rings (SSSR count). The molecule has 0 radical (unpaired) electrons. The Kier molecular flexibility index (Phi) is 9.64. The maximum absolute atomic E-state index is 13.7. The molecule has 1 aliphatic heterocycles. The number of methoxy groups -OCH3 is 1. The minimum Gasteiger partial charge on any atom is -0.468 e. The summed E-state index contributed by atoms with van der Waals surface area (Å²) in [6.45, 7) is -0.324. The molecular weight excluding hydrogens is 531 g/mol. The van der Waals surface area contributed by atoms with E-state index in [1.54, 1.807) is 6.07 Å². The number of nitrogens with zero attached hydrogens (tertiary/aromatic N) is 3. The van der Waals surface area contributed by atoms with Gasteiger partial charge in [-0.1, -0.05) is 47.7 Å². The fraction of sp³-hybridized carbons (Fsp3) is 0.385. The smallest absolute Gasteiger partial charge is 0.319 e. The monoisotopic (exact) mass is 560 g/mol. The Morgan fingerprint density at radius 3 is 2.64 bits per heavy atom. The number of aliphatic hydroxyl groups excluding tert-OH is 3. The summed E-state index contributed by atoms with van der Waals surface area (Å²) in [6.07, 6.45) is -2.80. The first kappa shape index (κ1) is 28.6. The third-order valence-corrected chi connectivity index (χ3v) is 7.60. The number of aliphatic hydroxyl groups is 3. The standard InChI is InChI=1S/C26H29FN4O7S/c1-37-25(36)20(11-21(33)28-12-15-6-3-2-4-7-15)39-26-24(35)22(23(34)19(14-32)38-26)31-13-18(29-30-31)16-8-5-9-17(27)10-16/h2-10,13,19-20,22-24,26,32,34-35H,11-12,14H2,1H3,(H,28,33)/t19-,20-,22+,23+,24-,26+/m1/s1. The number of aromatic nitrogens is 3. The van der Waals surface area contributed by atoms with E-state index >= 15 is 0 Å². The number of benzene rings is 2. The van der Waals surface area contributed by atoms with E-state index in [2.05, 4.69) is 15.6 Å². The maximum Gasteiger partial charge on any atom is 0.319 e. The molecule has 2 heterocycles. The number of carbonyl (C=O) groups excluding carboxylic acids is 2. The topological polar surface area (TPSA) is 156 Å². The molecule has 11 nitrogen and oxygen atoms in total. The summed E-state index contributed by atoms with van der Waals surface area (Å²) in [7, 11) is 1.18. The molecule has 1 saturated heterocycles. The number of carbonyl (C=O) groups is 2. The molecule has 1 amide bonds. The van der Waals surface area contributed by atoms with E-state index in [0.717, 1.165) is 17.3 Å². The molecule has 1 aromatic heterocycles. The predicted octanol–water partition coefficient (Wildman–Crippen LogP) is 1.05. The van der Waals surface area contributed by atoms with Crippen LogP contribution in [0.1, 0.15) is 18.0 Å². The highest BCUT2D eigenvalue weighted by atomic mass is 32.2. The van der Waals surface area contributed by atoms with Gasteiger partial charge in [0.05, 0.1) is 19.9 Å². The predicted molar refractivity (Wildman–Crippen MR) is 139 cm³/mol. The van der Waals surface area contributed by atoms with E-state index in [9.17, 15) is 29.3 Å². The number of ether oxygens (including phenoxy) is 2. The minimum atomic E-state index is -1.44. The van der Waals surface area contributed by atoms with Crippen molar-refractivity contribution in [1.82, 2.24) is 20.3 Å². The van der Waals surface area contributed by atoms with Gasteiger partial charge in [0.1, 0.15) is 46.6 Å². The van der Waals surface area contributed by atoms with Crippen molar-refractivity contribution in [2.24, 2.45) is 0 Å². The summed E-state index contributed by atoms with van der Waals surface area (Å²) >= 11 is 0.840. The number of amides is 1. The number of rotatable bonds is 10. The lowest BCUT2D eigenvalue weighted by Gasteiger charge is -2.42. The van der Waals surface area contributed by atoms with Crippen molar-refractivity contribution in [2.45, 2.75) is 48.0 Å². The van der Waals surface area contributed by atoms with Gasteiger partial charge in [-0.2, -0.15) is 0 Å². The van der Waals surface area contributed by atoms with Crippen molar-refractivity contribution < 1.29 is 38.8 Å². The van der Waals surface area contributed by atoms with Crippen LogP contribution >= 0.6 is 11.8 Å². The van der Waals surface area contributed by atoms with Crippen LogP contribution in [0.2, 0.25) is 0 Å². The third-order valence-electron chi connectivity index (χ3n) is 6.25. The van der Waals surface area contributed by atoms with E-state index in [-0.39, 0.29) is 13.0 Å². The van der Waals surface area contributed by atoms with Crippen molar-refractivity contribution in [3.63, 3.8) is 0 Å². The van der Waals surface area contributed by atoms with Gasteiger partial charge in [0.15, 0.2) is 0 Å². The summed E-state index contributed by atoms with van der Waals surface area (Å²) in [4.78, 5) is 25.2. The SMILES string of the molecule is COC(=O)[C@@H](CC(=O)NCc1ccccc1)S[C@@H]1O[C@H](CO)[C@H](O)[C@H](n2cc(-c3cccc(F)c3)nn2)[C@H]1O. The first-order valence-corrected chi connectivity index (χ1v) is 13.1. The lowest BCUT2D eigenvalue weighted by Crippen LogP contribution is -2.55. The van der Waals surface area contributed by atoms with Crippen LogP contribution in [0.3, 0.4) is 0 Å². The minimum absolute atomic E-state index is 0.263. The molecule has 0 saturated carbocycles. The highest BCUT2D eigenvalue weighted by Gasteiger charge is 2.47. The molecule has 39 heavy (non-hydrogen) atoms. The molecule has 0 spiro atoms. The zero-order valence-electron chi connectivity index (χ0n) is 21.0. The van der Waals surface area contributed by atoms with Crippen molar-refractivity contribution in [2.75, 3.05) is 13.7 Å². The Morgan fingerprint density at radius 2 is 1.95 bits per heavy atom. The van der Waals surface area contributed by atoms with Crippen molar-refractivity contribution in [1.29, 1.82) is 0 Å². The molecule has 0 aliphatic carbocycles. The lowest BCUT2D eigenvalue weighted by molar-refractivity contribution is -0.178. The molecule has 4 N–H and O–H groups in total. The molecule has 1 aliphatic rings. The quantitative estimate of drug-likeness (QED) is 0.264. The van der Waals surface area contributed by atoms with Gasteiger partial charge in [-0.05, 0) is 17.7 Å². The molecule has 0 unspecified atom stereocenters. The van der Waals surface area contributed by atoms with Gasteiger partial charge in [-0.15, -0.1) is 16.9 Å². The van der Waals surface area contributed by atoms with Gasteiger partial charge < -0.3 is 30.1 Å². The largest absolute Gasteiger partial charge is 0.468 e. The van der Waals surface area contributed by atoms with Gasteiger partial charge in [-0.25, -0.2) is 9.07 Å². The molecule has 208 valence electrons. The Balaban J connectivity index is 1.50. The average Bonchev–Trinajstić information content (AvgIpc) is 3.43. The van der Waals surface area contributed by atoms with Crippen LogP contribution in [0.15, 0.2) is 60.8 Å². The van der Waals surface area contributed by atoms with Crippen LogP contribution in [-0.4, -0.2) is 84.9 Å². The Labute approximate surface area is 227 Å². The van der Waals surface area contributed by atoms with Gasteiger partial charge >= 0.3 is 5.97 Å². The maximum atomic E-state index is 13.7. The molecule has 6 atom stereocenters. The third kappa shape index (κ3) is 6.99. The molecule has 1 fully saturated rings. The van der Waals surface area contributed by atoms with Crippen molar-refractivity contribution >= 4 is 23.6 Å². The molecule has 13 heteroatoms. The van der Waals surface area contributed by atoms with Crippen LogP contribution in [0, 0.1) is 5.82 Å². The van der Waals surface area contributed by atoms with Crippen LogP contribution in [-0.2, 0) is 25.6 Å². The number of esters is 1. The highest BCUT2D eigenvalue weighted by Crippen LogP contribution is 2.37. The lowest BCUT2D eigenvalue weighted by atomic mass is 9.97. The average molecular weight is 561 g/mol. The molecule has 3 aromatic rings. The van der Waals surface area contributed by atoms with E-state index < -0.39 is 59.3 Å². The molecular formula is C26H29FN4O7S. The summed E-state index contributed by atoms with van der Waals surface area (Å²) in [5.74, 6) is -1.59. The van der Waals surface area contributed by atoms with E-state index in [1.807, 2.05) is 30.3 Å². The first-order valence-electron chi connectivity index (χ1n) is 12.1. The molecule has 2 aromatic carbocycles. The van der Waals surface area contributed by atoms with Crippen molar-refractivity contribution in [3.8, 4) is 11.3 Å². The zero-order valence-corrected chi connectivity index (χ0v) is 21.8. The number of nitrogens with one attached hydrogen (secondary N) is 1. The summed E-state index contributed by atoms with van der Waals surface area (Å²) in [5.41, 5.74) is 0.470. The summed E-state index contributed by atoms with van der Waals surface area (Å²) in [5, 5.41) is 41.6.